The maximum atomic E-state index is 12.3. The van der Waals surface area contributed by atoms with Crippen LogP contribution in [-0.2, 0) is 4.74 Å². The van der Waals surface area contributed by atoms with Gasteiger partial charge in [0.2, 0.25) is 0 Å². The molecule has 4 nitrogen and oxygen atoms in total. The van der Waals surface area contributed by atoms with Gasteiger partial charge >= 0.3 is 5.97 Å². The van der Waals surface area contributed by atoms with Crippen LogP contribution in [0.5, 0.6) is 0 Å². The number of carbonyl (C=O) groups excluding carboxylic acids is 2. The summed E-state index contributed by atoms with van der Waals surface area (Å²) >= 11 is 2.37. The molecule has 106 valence electrons. The zero-order valence-corrected chi connectivity index (χ0v) is 13.4. The van der Waals surface area contributed by atoms with Gasteiger partial charge in [-0.25, -0.2) is 4.79 Å². The molecule has 1 heterocycles. The number of amides is 1. The number of thiophene rings is 1. The molecule has 0 radical (unpaired) electrons. The molecule has 0 aliphatic rings. The van der Waals surface area contributed by atoms with Crippen LogP contribution in [0.4, 0.5) is 4.79 Å². The molecule has 0 saturated heterocycles. The summed E-state index contributed by atoms with van der Waals surface area (Å²) in [6.07, 6.45) is 0. The summed E-state index contributed by atoms with van der Waals surface area (Å²) < 4.78 is 4.71. The predicted octanol–water partition coefficient (Wildman–Crippen LogP) is 3.87. The topological polar surface area (TPSA) is 46.6 Å². The van der Waals surface area contributed by atoms with Crippen LogP contribution >= 0.6 is 23.1 Å². The minimum atomic E-state index is -0.397. The second kappa shape index (κ2) is 6.96. The number of hydrogen-bond donors (Lipinski definition) is 0. The van der Waals surface area contributed by atoms with E-state index in [1.165, 1.54) is 18.4 Å². The van der Waals surface area contributed by atoms with Crippen molar-refractivity contribution in [3.05, 3.63) is 16.3 Å². The Bertz CT molecular complexity index is 446. The van der Waals surface area contributed by atoms with Gasteiger partial charge in [0.05, 0.1) is 7.11 Å². The van der Waals surface area contributed by atoms with Crippen LogP contribution in [0.1, 0.15) is 37.4 Å². The van der Waals surface area contributed by atoms with E-state index in [-0.39, 0.29) is 17.3 Å². The molecule has 0 aliphatic carbocycles. The molecule has 1 amide bonds. The summed E-state index contributed by atoms with van der Waals surface area (Å²) in [4.78, 5) is 26.8. The van der Waals surface area contributed by atoms with Crippen molar-refractivity contribution in [1.82, 2.24) is 4.90 Å². The number of esters is 1. The average Bonchev–Trinajstić information content (AvgIpc) is 2.74. The highest BCUT2D eigenvalue weighted by atomic mass is 32.2. The second-order valence-electron chi connectivity index (χ2n) is 4.57. The lowest BCUT2D eigenvalue weighted by atomic mass is 10.2. The lowest BCUT2D eigenvalue weighted by Gasteiger charge is -2.30. The van der Waals surface area contributed by atoms with E-state index in [1.54, 1.807) is 16.3 Å². The van der Waals surface area contributed by atoms with Gasteiger partial charge < -0.3 is 9.64 Å². The van der Waals surface area contributed by atoms with Gasteiger partial charge in [-0.2, -0.15) is 0 Å². The van der Waals surface area contributed by atoms with E-state index in [9.17, 15) is 9.59 Å². The average molecular weight is 301 g/mol. The van der Waals surface area contributed by atoms with Crippen LogP contribution in [-0.4, -0.2) is 35.3 Å². The van der Waals surface area contributed by atoms with E-state index in [0.717, 1.165) is 11.8 Å². The Hall–Kier alpha value is -1.01. The zero-order chi connectivity index (χ0) is 14.6. The Morgan fingerprint density at radius 3 is 2.32 bits per heavy atom. The van der Waals surface area contributed by atoms with Gasteiger partial charge in [-0.15, -0.1) is 11.3 Å². The van der Waals surface area contributed by atoms with Crippen molar-refractivity contribution in [3.8, 4) is 0 Å². The van der Waals surface area contributed by atoms with Gasteiger partial charge in [0.15, 0.2) is 0 Å². The number of rotatable bonds is 4. The number of methoxy groups -OCH3 is 1. The fourth-order valence-electron chi connectivity index (χ4n) is 1.78. The van der Waals surface area contributed by atoms with Gasteiger partial charge in [0.1, 0.15) is 4.88 Å². The monoisotopic (exact) mass is 301 g/mol. The Labute approximate surface area is 122 Å². The largest absolute Gasteiger partial charge is 0.465 e. The minimum Gasteiger partial charge on any atom is -0.465 e. The molecule has 0 fully saturated rings. The van der Waals surface area contributed by atoms with E-state index < -0.39 is 5.97 Å². The van der Waals surface area contributed by atoms with Gasteiger partial charge in [-0.05, 0) is 50.9 Å². The first kappa shape index (κ1) is 16.0. The van der Waals surface area contributed by atoms with Crippen molar-refractivity contribution < 1.29 is 14.3 Å². The third-order valence-electron chi connectivity index (χ3n) is 2.52. The lowest BCUT2D eigenvalue weighted by molar-refractivity contribution is 0.0603. The molecule has 0 atom stereocenters. The SMILES string of the molecule is COC(=O)c1sccc1SC(=O)N(C(C)C)C(C)C. The van der Waals surface area contributed by atoms with Gasteiger partial charge in [-0.1, -0.05) is 0 Å². The Kier molecular flexibility index (Phi) is 5.87. The van der Waals surface area contributed by atoms with Gasteiger partial charge in [-0.3, -0.25) is 4.79 Å². The predicted molar refractivity (Wildman–Crippen MR) is 79.0 cm³/mol. The first-order valence-electron chi connectivity index (χ1n) is 6.04. The standard InChI is InChI=1S/C13H19NO3S2/c1-8(2)14(9(3)4)13(16)19-10-6-7-18-11(10)12(15)17-5/h6-9H,1-5H3. The molecule has 1 aromatic heterocycles. The quantitative estimate of drug-likeness (QED) is 0.625. The van der Waals surface area contributed by atoms with E-state index in [2.05, 4.69) is 0 Å². The molecule has 0 aliphatic heterocycles. The molecule has 0 saturated carbocycles. The summed E-state index contributed by atoms with van der Waals surface area (Å²) in [5.74, 6) is -0.397. The van der Waals surface area contributed by atoms with Crippen molar-refractivity contribution in [1.29, 1.82) is 0 Å². The molecule has 0 N–H and O–H groups in total. The number of nitrogens with zero attached hydrogens (tertiary/aromatic N) is 1. The van der Waals surface area contributed by atoms with E-state index in [1.807, 2.05) is 27.7 Å². The van der Waals surface area contributed by atoms with Gasteiger partial charge in [0.25, 0.3) is 5.24 Å². The summed E-state index contributed by atoms with van der Waals surface area (Å²) in [6.45, 7) is 7.92. The Morgan fingerprint density at radius 2 is 1.84 bits per heavy atom. The number of hydrogen-bond acceptors (Lipinski definition) is 5. The van der Waals surface area contributed by atoms with E-state index in [4.69, 9.17) is 4.74 Å². The van der Waals surface area contributed by atoms with Crippen LogP contribution in [0.2, 0.25) is 0 Å². The third-order valence-corrected chi connectivity index (χ3v) is 4.49. The summed E-state index contributed by atoms with van der Waals surface area (Å²) in [5.41, 5.74) is 0. The van der Waals surface area contributed by atoms with Crippen molar-refractivity contribution in [2.24, 2.45) is 0 Å². The molecule has 0 unspecified atom stereocenters. The Balaban J connectivity index is 2.88. The lowest BCUT2D eigenvalue weighted by Crippen LogP contribution is -2.39. The highest BCUT2D eigenvalue weighted by Gasteiger charge is 2.24. The fourth-order valence-corrected chi connectivity index (χ4v) is 3.87. The maximum absolute atomic E-state index is 12.3. The Morgan fingerprint density at radius 1 is 1.26 bits per heavy atom. The van der Waals surface area contributed by atoms with Crippen molar-refractivity contribution in [2.45, 2.75) is 44.7 Å². The molecular weight excluding hydrogens is 282 g/mol. The summed E-state index contributed by atoms with van der Waals surface area (Å²) in [6, 6.07) is 2.03. The molecule has 6 heteroatoms. The number of ether oxygens (including phenoxy) is 1. The molecular formula is C13H19NO3S2. The summed E-state index contributed by atoms with van der Waals surface area (Å²) in [7, 11) is 1.34. The zero-order valence-electron chi connectivity index (χ0n) is 11.8. The van der Waals surface area contributed by atoms with Crippen LogP contribution in [0, 0.1) is 0 Å². The second-order valence-corrected chi connectivity index (χ2v) is 6.48. The molecule has 1 rings (SSSR count). The first-order chi connectivity index (χ1) is 8.88. The fraction of sp³-hybridized carbons (Fsp3) is 0.538. The van der Waals surface area contributed by atoms with Crippen molar-refractivity contribution >= 4 is 34.3 Å². The number of thioether (sulfide) groups is 1. The first-order valence-corrected chi connectivity index (χ1v) is 7.74. The molecule has 0 aromatic carbocycles. The highest BCUT2D eigenvalue weighted by molar-refractivity contribution is 8.13. The highest BCUT2D eigenvalue weighted by Crippen LogP contribution is 2.31. The maximum Gasteiger partial charge on any atom is 0.349 e. The molecule has 1 aromatic rings. The number of carbonyl (C=O) groups is 2. The summed E-state index contributed by atoms with van der Waals surface area (Å²) in [5, 5.41) is 1.74. The van der Waals surface area contributed by atoms with Gasteiger partial charge in [0, 0.05) is 17.0 Å². The molecule has 19 heavy (non-hydrogen) atoms. The van der Waals surface area contributed by atoms with Crippen LogP contribution < -0.4 is 0 Å². The van der Waals surface area contributed by atoms with Crippen molar-refractivity contribution in [2.75, 3.05) is 7.11 Å². The molecule has 0 bridgehead atoms. The third kappa shape index (κ3) is 3.98. The normalized spacial score (nSPS) is 10.9. The smallest absolute Gasteiger partial charge is 0.349 e. The van der Waals surface area contributed by atoms with E-state index in [0.29, 0.717) is 9.77 Å². The van der Waals surface area contributed by atoms with Crippen molar-refractivity contribution in [3.63, 3.8) is 0 Å². The molecule has 0 spiro atoms. The van der Waals surface area contributed by atoms with Crippen LogP contribution in [0.15, 0.2) is 16.3 Å². The minimum absolute atomic E-state index is 0.0476. The van der Waals surface area contributed by atoms with Crippen LogP contribution in [0.3, 0.4) is 0 Å². The van der Waals surface area contributed by atoms with E-state index >= 15 is 0 Å². The van der Waals surface area contributed by atoms with Crippen LogP contribution in [0.25, 0.3) is 0 Å².